The Bertz CT molecular complexity index is 519. The van der Waals surface area contributed by atoms with Gasteiger partial charge >= 0.3 is 0 Å². The van der Waals surface area contributed by atoms with Gasteiger partial charge in [-0.3, -0.25) is 9.59 Å². The van der Waals surface area contributed by atoms with Gasteiger partial charge in [0.25, 0.3) is 5.91 Å². The number of carbonyl (C=O) groups excluding carboxylic acids is 2. The molecule has 1 aromatic rings. The third-order valence-corrected chi connectivity index (χ3v) is 3.42. The lowest BCUT2D eigenvalue weighted by Crippen LogP contribution is -2.29. The molecular weight excluding hydrogens is 268 g/mol. The number of nitrogens with one attached hydrogen (secondary N) is 1. The number of rotatable bonds is 3. The molecule has 0 saturated carbocycles. The van der Waals surface area contributed by atoms with Crippen LogP contribution in [0, 0.1) is 5.92 Å². The maximum absolute atomic E-state index is 12.0. The molecule has 0 bridgehead atoms. The molecule has 2 rings (SSSR count). The van der Waals surface area contributed by atoms with Crippen LogP contribution in [0.4, 0.5) is 5.69 Å². The van der Waals surface area contributed by atoms with Crippen molar-refractivity contribution in [1.29, 1.82) is 0 Å². The number of aliphatic hydroxyl groups is 1. The zero-order valence-corrected chi connectivity index (χ0v) is 11.3. The molecule has 0 aliphatic carbocycles. The number of aliphatic hydroxyl groups excluding tert-OH is 1. The molecule has 0 aromatic heterocycles. The lowest BCUT2D eigenvalue weighted by Gasteiger charge is -2.20. The van der Waals surface area contributed by atoms with Crippen LogP contribution < -0.4 is 10.2 Å². The first-order valence-electron chi connectivity index (χ1n) is 5.99. The van der Waals surface area contributed by atoms with Crippen LogP contribution in [-0.4, -0.2) is 37.1 Å². The number of hydrogen-bond acceptors (Lipinski definition) is 3. The first-order valence-corrected chi connectivity index (χ1v) is 6.37. The summed E-state index contributed by atoms with van der Waals surface area (Å²) in [5, 5.41) is 12.1. The van der Waals surface area contributed by atoms with Gasteiger partial charge in [0, 0.05) is 37.6 Å². The molecule has 1 fully saturated rings. The zero-order valence-electron chi connectivity index (χ0n) is 10.5. The highest BCUT2D eigenvalue weighted by Crippen LogP contribution is 2.30. The molecule has 1 saturated heterocycles. The molecule has 2 N–H and O–H groups in total. The van der Waals surface area contributed by atoms with E-state index in [1.54, 1.807) is 18.2 Å². The Kier molecular flexibility index (Phi) is 4.07. The molecule has 2 amide bonds. The molecule has 1 aliphatic heterocycles. The summed E-state index contributed by atoms with van der Waals surface area (Å²) in [6.07, 6.45) is 0.288. The van der Waals surface area contributed by atoms with E-state index < -0.39 is 0 Å². The highest BCUT2D eigenvalue weighted by Gasteiger charge is 2.32. The third-order valence-electron chi connectivity index (χ3n) is 3.19. The Morgan fingerprint density at radius 3 is 2.89 bits per heavy atom. The van der Waals surface area contributed by atoms with Crippen molar-refractivity contribution >= 4 is 29.1 Å². The van der Waals surface area contributed by atoms with E-state index in [1.165, 1.54) is 11.9 Å². The Hall–Kier alpha value is -1.59. The SMILES string of the molecule is CNC(=O)c1ccc(Cl)cc1N1CC(CO)CC1=O. The summed E-state index contributed by atoms with van der Waals surface area (Å²) < 4.78 is 0. The first-order chi connectivity index (χ1) is 9.06. The van der Waals surface area contributed by atoms with Gasteiger partial charge in [0.05, 0.1) is 11.3 Å². The fourth-order valence-electron chi connectivity index (χ4n) is 2.19. The molecule has 0 spiro atoms. The van der Waals surface area contributed by atoms with E-state index in [2.05, 4.69) is 5.32 Å². The standard InChI is InChI=1S/C13H15ClN2O3/c1-15-13(19)10-3-2-9(14)5-11(10)16-6-8(7-17)4-12(16)18/h2-3,5,8,17H,4,6-7H2,1H3,(H,15,19). The highest BCUT2D eigenvalue weighted by molar-refractivity contribution is 6.31. The van der Waals surface area contributed by atoms with Crippen LogP contribution in [0.2, 0.25) is 5.02 Å². The minimum atomic E-state index is -0.271. The number of hydrogen-bond donors (Lipinski definition) is 2. The van der Waals surface area contributed by atoms with Crippen molar-refractivity contribution in [2.75, 3.05) is 25.1 Å². The van der Waals surface area contributed by atoms with E-state index in [0.29, 0.717) is 22.8 Å². The summed E-state index contributed by atoms with van der Waals surface area (Å²) in [5.74, 6) is -0.470. The minimum absolute atomic E-state index is 0.0435. The van der Waals surface area contributed by atoms with Crippen LogP contribution in [0.3, 0.4) is 0 Å². The van der Waals surface area contributed by atoms with Crippen LogP contribution >= 0.6 is 11.6 Å². The van der Waals surface area contributed by atoms with Crippen LogP contribution in [-0.2, 0) is 4.79 Å². The molecule has 0 radical (unpaired) electrons. The van der Waals surface area contributed by atoms with Crippen LogP contribution in [0.1, 0.15) is 16.8 Å². The van der Waals surface area contributed by atoms with Crippen LogP contribution in [0.25, 0.3) is 0 Å². The Balaban J connectivity index is 2.41. The van der Waals surface area contributed by atoms with Crippen LogP contribution in [0.15, 0.2) is 18.2 Å². The van der Waals surface area contributed by atoms with Crippen molar-refractivity contribution in [1.82, 2.24) is 5.32 Å². The first kappa shape index (κ1) is 13.8. The van der Waals surface area contributed by atoms with Crippen molar-refractivity contribution in [3.63, 3.8) is 0 Å². The van der Waals surface area contributed by atoms with Gasteiger partial charge in [-0.1, -0.05) is 11.6 Å². The average Bonchev–Trinajstić information content (AvgIpc) is 2.79. The topological polar surface area (TPSA) is 69.6 Å². The van der Waals surface area contributed by atoms with Gasteiger partial charge in [-0.25, -0.2) is 0 Å². The van der Waals surface area contributed by atoms with E-state index in [-0.39, 0.29) is 30.8 Å². The van der Waals surface area contributed by atoms with Crippen molar-refractivity contribution < 1.29 is 14.7 Å². The molecule has 1 heterocycles. The van der Waals surface area contributed by atoms with Crippen LogP contribution in [0.5, 0.6) is 0 Å². The van der Waals surface area contributed by atoms with Crippen molar-refractivity contribution in [2.24, 2.45) is 5.92 Å². The lowest BCUT2D eigenvalue weighted by molar-refractivity contribution is -0.117. The Labute approximate surface area is 116 Å². The molecule has 6 heteroatoms. The Morgan fingerprint density at radius 1 is 1.58 bits per heavy atom. The fourth-order valence-corrected chi connectivity index (χ4v) is 2.36. The molecule has 1 aromatic carbocycles. The Morgan fingerprint density at radius 2 is 2.32 bits per heavy atom. The number of benzene rings is 1. The monoisotopic (exact) mass is 282 g/mol. The summed E-state index contributed by atoms with van der Waals surface area (Å²) in [6.45, 7) is 0.359. The molecule has 5 nitrogen and oxygen atoms in total. The lowest BCUT2D eigenvalue weighted by atomic mass is 10.1. The molecular formula is C13H15ClN2O3. The predicted octanol–water partition coefficient (Wildman–Crippen LogP) is 1.04. The third kappa shape index (κ3) is 2.72. The van der Waals surface area contributed by atoms with E-state index in [0.717, 1.165) is 0 Å². The number of halogens is 1. The normalized spacial score (nSPS) is 18.8. The quantitative estimate of drug-likeness (QED) is 0.870. The maximum atomic E-state index is 12.0. The van der Waals surface area contributed by atoms with Crippen molar-refractivity contribution in [3.8, 4) is 0 Å². The summed E-state index contributed by atoms with van der Waals surface area (Å²) in [6, 6.07) is 4.81. The number of nitrogens with zero attached hydrogens (tertiary/aromatic N) is 1. The van der Waals surface area contributed by atoms with Gasteiger partial charge < -0.3 is 15.3 Å². The largest absolute Gasteiger partial charge is 0.396 e. The van der Waals surface area contributed by atoms with E-state index >= 15 is 0 Å². The van der Waals surface area contributed by atoms with Gasteiger partial charge in [0.15, 0.2) is 0 Å². The summed E-state index contributed by atoms with van der Waals surface area (Å²) in [4.78, 5) is 25.3. The second-order valence-corrected chi connectivity index (χ2v) is 4.93. The summed E-state index contributed by atoms with van der Waals surface area (Å²) in [5.41, 5.74) is 0.895. The summed E-state index contributed by atoms with van der Waals surface area (Å²) >= 11 is 5.94. The van der Waals surface area contributed by atoms with E-state index in [9.17, 15) is 9.59 Å². The van der Waals surface area contributed by atoms with Crippen molar-refractivity contribution in [3.05, 3.63) is 28.8 Å². The van der Waals surface area contributed by atoms with Gasteiger partial charge in [-0.05, 0) is 18.2 Å². The molecule has 19 heavy (non-hydrogen) atoms. The van der Waals surface area contributed by atoms with E-state index in [1.807, 2.05) is 0 Å². The minimum Gasteiger partial charge on any atom is -0.396 e. The molecule has 102 valence electrons. The van der Waals surface area contributed by atoms with Gasteiger partial charge in [0.1, 0.15) is 0 Å². The summed E-state index contributed by atoms with van der Waals surface area (Å²) in [7, 11) is 1.53. The van der Waals surface area contributed by atoms with Crippen molar-refractivity contribution in [2.45, 2.75) is 6.42 Å². The highest BCUT2D eigenvalue weighted by atomic mass is 35.5. The second-order valence-electron chi connectivity index (χ2n) is 4.50. The van der Waals surface area contributed by atoms with Gasteiger partial charge in [0.2, 0.25) is 5.91 Å². The average molecular weight is 283 g/mol. The zero-order chi connectivity index (χ0) is 14.0. The smallest absolute Gasteiger partial charge is 0.253 e. The van der Waals surface area contributed by atoms with Gasteiger partial charge in [-0.15, -0.1) is 0 Å². The van der Waals surface area contributed by atoms with E-state index in [4.69, 9.17) is 16.7 Å². The van der Waals surface area contributed by atoms with Gasteiger partial charge in [-0.2, -0.15) is 0 Å². The molecule has 1 aliphatic rings. The maximum Gasteiger partial charge on any atom is 0.253 e. The molecule has 1 unspecified atom stereocenters. The number of carbonyl (C=O) groups is 2. The fraction of sp³-hybridized carbons (Fsp3) is 0.385. The predicted molar refractivity (Wildman–Crippen MR) is 72.4 cm³/mol. The number of anilines is 1. The molecule has 1 atom stereocenters. The number of amides is 2. The second kappa shape index (κ2) is 5.59.